The van der Waals surface area contributed by atoms with Crippen molar-refractivity contribution in [1.82, 2.24) is 15.1 Å². The molecule has 2 aromatic carbocycles. The van der Waals surface area contributed by atoms with Crippen LogP contribution in [0, 0.1) is 5.82 Å². The van der Waals surface area contributed by atoms with E-state index in [1.165, 1.54) is 12.1 Å². The highest BCUT2D eigenvalue weighted by molar-refractivity contribution is 6.27. The summed E-state index contributed by atoms with van der Waals surface area (Å²) in [5, 5.41) is 2.96. The Bertz CT molecular complexity index is 1290. The van der Waals surface area contributed by atoms with Gasteiger partial charge in [-0.3, -0.25) is 14.5 Å². The lowest BCUT2D eigenvalue weighted by molar-refractivity contribution is -0.143. The molecule has 14 heteroatoms. The van der Waals surface area contributed by atoms with E-state index in [1.54, 1.807) is 23.1 Å². The summed E-state index contributed by atoms with van der Waals surface area (Å²) >= 11 is 5.60. The zero-order valence-corrected chi connectivity index (χ0v) is 25.3. The van der Waals surface area contributed by atoms with Gasteiger partial charge in [0.15, 0.2) is 0 Å². The lowest BCUT2D eigenvalue weighted by Crippen LogP contribution is -2.57. The molecule has 0 radical (unpaired) electrons. The third-order valence-corrected chi connectivity index (χ3v) is 8.74. The van der Waals surface area contributed by atoms with Crippen molar-refractivity contribution in [2.75, 3.05) is 25.5 Å². The largest absolute Gasteiger partial charge is 0.416 e. The molecule has 0 spiro atoms. The van der Waals surface area contributed by atoms with Gasteiger partial charge in [0.25, 0.3) is 0 Å². The van der Waals surface area contributed by atoms with Gasteiger partial charge in [-0.1, -0.05) is 18.2 Å². The van der Waals surface area contributed by atoms with Crippen LogP contribution in [0.2, 0.25) is 0 Å². The molecule has 45 heavy (non-hydrogen) atoms. The van der Waals surface area contributed by atoms with Crippen LogP contribution in [0.1, 0.15) is 55.7 Å². The Morgan fingerprint density at radius 2 is 1.58 bits per heavy atom. The third-order valence-electron chi connectivity index (χ3n) is 8.50. The molecule has 2 amide bonds. The van der Waals surface area contributed by atoms with Crippen LogP contribution in [0.3, 0.4) is 0 Å². The topological polar surface area (TPSA) is 61.9 Å². The summed E-state index contributed by atoms with van der Waals surface area (Å²) < 4.78 is 96.5. The van der Waals surface area contributed by atoms with Crippen molar-refractivity contribution < 1.29 is 45.1 Å². The molecule has 248 valence electrons. The van der Waals surface area contributed by atoms with Crippen molar-refractivity contribution in [1.29, 1.82) is 0 Å². The molecule has 3 fully saturated rings. The highest BCUT2D eigenvalue weighted by Gasteiger charge is 2.44. The van der Waals surface area contributed by atoms with Gasteiger partial charge in [0.05, 0.1) is 23.8 Å². The zero-order valence-electron chi connectivity index (χ0n) is 24.6. The summed E-state index contributed by atoms with van der Waals surface area (Å²) in [7, 11) is 0. The van der Waals surface area contributed by atoms with Gasteiger partial charge in [0.2, 0.25) is 11.8 Å². The first-order valence-electron chi connectivity index (χ1n) is 14.6. The van der Waals surface area contributed by atoms with Gasteiger partial charge in [-0.25, -0.2) is 4.39 Å². The van der Waals surface area contributed by atoms with Crippen molar-refractivity contribution in [3.05, 3.63) is 71.0 Å². The quantitative estimate of drug-likeness (QED) is 0.286. The Balaban J connectivity index is 0.000000580. The van der Waals surface area contributed by atoms with Gasteiger partial charge in [0.1, 0.15) is 11.7 Å². The molecular formula is C31H35ClF7N3O3. The minimum Gasteiger partial charge on any atom is -0.372 e. The van der Waals surface area contributed by atoms with Crippen LogP contribution in [-0.2, 0) is 33.3 Å². The highest BCUT2D eigenvalue weighted by atomic mass is 35.5. The highest BCUT2D eigenvalue weighted by Crippen LogP contribution is 2.38. The number of hydrogen-bond donors (Lipinski definition) is 1. The predicted octanol–water partition coefficient (Wildman–Crippen LogP) is 6.41. The number of ether oxygens (including phenoxy) is 1. The van der Waals surface area contributed by atoms with Crippen molar-refractivity contribution in [2.45, 2.75) is 81.7 Å². The Morgan fingerprint density at radius 1 is 0.978 bits per heavy atom. The van der Waals surface area contributed by atoms with Crippen LogP contribution < -0.4 is 5.32 Å². The smallest absolute Gasteiger partial charge is 0.372 e. The average molecular weight is 666 g/mol. The summed E-state index contributed by atoms with van der Waals surface area (Å²) in [5.41, 5.74) is -3.34. The van der Waals surface area contributed by atoms with Crippen molar-refractivity contribution in [3.63, 3.8) is 0 Å². The maximum Gasteiger partial charge on any atom is 0.416 e. The Hall–Kier alpha value is -2.90. The van der Waals surface area contributed by atoms with Crippen LogP contribution in [0.25, 0.3) is 0 Å². The van der Waals surface area contributed by atoms with E-state index in [1.807, 2.05) is 6.92 Å². The van der Waals surface area contributed by atoms with E-state index >= 15 is 0 Å². The second-order valence-electron chi connectivity index (χ2n) is 12.0. The van der Waals surface area contributed by atoms with Gasteiger partial charge in [-0.15, -0.1) is 11.6 Å². The molecule has 0 aromatic heterocycles. The number of alkyl halides is 7. The van der Waals surface area contributed by atoms with Crippen LogP contribution in [0.5, 0.6) is 0 Å². The molecule has 5 rings (SSSR count). The molecule has 3 atom stereocenters. The first-order valence-corrected chi connectivity index (χ1v) is 15.1. The van der Waals surface area contributed by atoms with Gasteiger partial charge in [-0.05, 0) is 68.5 Å². The van der Waals surface area contributed by atoms with E-state index in [-0.39, 0.29) is 59.3 Å². The third kappa shape index (κ3) is 9.55. The van der Waals surface area contributed by atoms with Gasteiger partial charge in [0, 0.05) is 43.7 Å². The number of piperidine rings is 2. The second kappa shape index (κ2) is 14.3. The maximum absolute atomic E-state index is 13.1. The van der Waals surface area contributed by atoms with E-state index in [4.69, 9.17) is 16.3 Å². The fourth-order valence-corrected chi connectivity index (χ4v) is 6.19. The number of fused-ring (bicyclic) bond motifs is 1. The Labute approximate surface area is 261 Å². The van der Waals surface area contributed by atoms with Crippen LogP contribution in [0.4, 0.5) is 30.7 Å². The zero-order chi connectivity index (χ0) is 33.0. The first kappa shape index (κ1) is 35.0. The standard InChI is InChI=1S/C25H30ClF6N3O3.C6H5F/c1-23(33-21(36)12-26)2-4-34(5-3-23)18-9-19-10-20(13-35(19)22(37)11-18)38-14-15-6-16(24(27,28)29)8-17(7-15)25(30,31)32;7-6-4-2-1-3-5-6/h6-8,18-20H,2-5,9-14H2,1H3,(H,33,36);1-5H. The van der Waals surface area contributed by atoms with Crippen LogP contribution in [0.15, 0.2) is 48.5 Å². The van der Waals surface area contributed by atoms with E-state index in [2.05, 4.69) is 10.2 Å². The van der Waals surface area contributed by atoms with Crippen molar-refractivity contribution in [3.8, 4) is 0 Å². The number of nitrogens with zero attached hydrogens (tertiary/aromatic N) is 2. The molecule has 3 aliphatic heterocycles. The minimum atomic E-state index is -4.92. The first-order chi connectivity index (χ1) is 21.1. The maximum atomic E-state index is 13.1. The lowest BCUT2D eigenvalue weighted by Gasteiger charge is -2.46. The number of nitrogens with one attached hydrogen (secondary N) is 1. The number of carbonyl (C=O) groups excluding carboxylic acids is 2. The predicted molar refractivity (Wildman–Crippen MR) is 153 cm³/mol. The number of benzene rings is 2. The summed E-state index contributed by atoms with van der Waals surface area (Å²) in [6.45, 7) is 3.23. The normalized spacial score (nSPS) is 23.6. The van der Waals surface area contributed by atoms with Gasteiger partial charge < -0.3 is 15.0 Å². The Kier molecular flexibility index (Phi) is 11.1. The molecular weight excluding hydrogens is 631 g/mol. The number of likely N-dealkylation sites (tertiary alicyclic amines) is 1. The molecule has 3 saturated heterocycles. The molecule has 0 saturated carbocycles. The Morgan fingerprint density at radius 3 is 2.09 bits per heavy atom. The number of halogens is 8. The fourth-order valence-electron chi connectivity index (χ4n) is 6.13. The summed E-state index contributed by atoms with van der Waals surface area (Å²) in [6, 6.07) is 9.27. The van der Waals surface area contributed by atoms with E-state index in [0.717, 1.165) is 12.8 Å². The molecule has 6 nitrogen and oxygen atoms in total. The summed E-state index contributed by atoms with van der Waals surface area (Å²) in [5.74, 6) is -0.543. The monoisotopic (exact) mass is 665 g/mol. The molecule has 3 unspecified atom stereocenters. The average Bonchev–Trinajstić information content (AvgIpc) is 3.40. The number of rotatable bonds is 6. The summed E-state index contributed by atoms with van der Waals surface area (Å²) in [4.78, 5) is 28.6. The van der Waals surface area contributed by atoms with E-state index < -0.39 is 36.2 Å². The van der Waals surface area contributed by atoms with E-state index in [0.29, 0.717) is 44.5 Å². The van der Waals surface area contributed by atoms with Crippen LogP contribution >= 0.6 is 11.6 Å². The minimum absolute atomic E-state index is 0.0218. The van der Waals surface area contributed by atoms with Crippen molar-refractivity contribution >= 4 is 23.4 Å². The molecule has 3 aliphatic rings. The van der Waals surface area contributed by atoms with Crippen LogP contribution in [-0.4, -0.2) is 70.9 Å². The number of carbonyl (C=O) groups is 2. The number of amides is 2. The van der Waals surface area contributed by atoms with Gasteiger partial charge in [-0.2, -0.15) is 26.3 Å². The molecule has 0 aliphatic carbocycles. The summed E-state index contributed by atoms with van der Waals surface area (Å²) in [6.07, 6.45) is -7.39. The SMILES string of the molecule is CC1(NC(=O)CCl)CCN(C2CC(=O)N3CC(OCc4cc(C(F)(F)F)cc(C(F)(F)F)c4)CC3C2)CC1.Fc1ccccc1. The molecule has 2 aromatic rings. The molecule has 1 N–H and O–H groups in total. The second-order valence-corrected chi connectivity index (χ2v) is 12.2. The molecule has 0 bridgehead atoms. The fraction of sp³-hybridized carbons (Fsp3) is 0.548. The molecule has 3 heterocycles. The van der Waals surface area contributed by atoms with Gasteiger partial charge >= 0.3 is 12.4 Å². The van der Waals surface area contributed by atoms with E-state index in [9.17, 15) is 40.3 Å². The lowest BCUT2D eigenvalue weighted by atomic mass is 9.86. The number of hydrogen-bond acceptors (Lipinski definition) is 4. The van der Waals surface area contributed by atoms with Crippen molar-refractivity contribution in [2.24, 2.45) is 0 Å².